The molecule has 0 bridgehead atoms. The maximum atomic E-state index is 13.1. The van der Waals surface area contributed by atoms with Crippen molar-refractivity contribution < 1.29 is 23.8 Å². The van der Waals surface area contributed by atoms with E-state index in [0.717, 1.165) is 86.7 Å². The number of aromatic nitrogens is 1. The number of fused-ring (bicyclic) bond motifs is 1. The number of benzene rings is 1. The molecule has 1 saturated heterocycles. The van der Waals surface area contributed by atoms with Gasteiger partial charge in [0.05, 0.1) is 12.6 Å². The molecule has 1 aliphatic rings. The van der Waals surface area contributed by atoms with Crippen molar-refractivity contribution in [3.8, 4) is 5.75 Å². The smallest absolute Gasteiger partial charge is 0.421 e. The first-order valence-corrected chi connectivity index (χ1v) is 16.1. The third-order valence-corrected chi connectivity index (χ3v) is 7.91. The van der Waals surface area contributed by atoms with E-state index in [2.05, 4.69) is 36.5 Å². The summed E-state index contributed by atoms with van der Waals surface area (Å²) < 4.78 is 17.9. The molecule has 0 radical (unpaired) electrons. The minimum Gasteiger partial charge on any atom is -0.497 e. The molecule has 0 saturated carbocycles. The summed E-state index contributed by atoms with van der Waals surface area (Å²) in [5, 5.41) is 4.39. The molecule has 1 fully saturated rings. The first-order chi connectivity index (χ1) is 20.5. The SMILES string of the molecule is CCCCC/C=C\C/C=C\CCCCCCCC(=O)OC(C)OC(=O)n1cc(C2CCNCC2)c2cc(OC)ccc21. The minimum absolute atomic E-state index is 0.332. The molecule has 1 atom stereocenters. The summed E-state index contributed by atoms with van der Waals surface area (Å²) in [6, 6.07) is 5.69. The second-order valence-electron chi connectivity index (χ2n) is 11.3. The fourth-order valence-corrected chi connectivity index (χ4v) is 5.52. The van der Waals surface area contributed by atoms with Crippen LogP contribution in [0.2, 0.25) is 0 Å². The maximum absolute atomic E-state index is 13.1. The van der Waals surface area contributed by atoms with Gasteiger partial charge in [-0.15, -0.1) is 0 Å². The van der Waals surface area contributed by atoms with Crippen molar-refractivity contribution in [3.05, 3.63) is 54.3 Å². The molecule has 42 heavy (non-hydrogen) atoms. The Morgan fingerprint density at radius 2 is 1.64 bits per heavy atom. The summed E-state index contributed by atoms with van der Waals surface area (Å²) in [6.07, 6.45) is 24.2. The summed E-state index contributed by atoms with van der Waals surface area (Å²) in [5.41, 5.74) is 1.88. The van der Waals surface area contributed by atoms with Crippen molar-refractivity contribution in [3.63, 3.8) is 0 Å². The minimum atomic E-state index is -0.957. The number of ether oxygens (including phenoxy) is 3. The van der Waals surface area contributed by atoms with Crippen molar-refractivity contribution in [2.75, 3.05) is 20.2 Å². The fourth-order valence-electron chi connectivity index (χ4n) is 5.52. The summed E-state index contributed by atoms with van der Waals surface area (Å²) in [6.45, 7) is 5.73. The van der Waals surface area contributed by atoms with Crippen LogP contribution in [0.3, 0.4) is 0 Å². The van der Waals surface area contributed by atoms with E-state index in [4.69, 9.17) is 14.2 Å². The van der Waals surface area contributed by atoms with E-state index >= 15 is 0 Å². The summed E-state index contributed by atoms with van der Waals surface area (Å²) in [7, 11) is 1.64. The molecule has 1 aromatic heterocycles. The molecule has 7 nitrogen and oxygen atoms in total. The summed E-state index contributed by atoms with van der Waals surface area (Å²) in [5.74, 6) is 0.770. The average Bonchev–Trinajstić information content (AvgIpc) is 3.38. The zero-order valence-electron chi connectivity index (χ0n) is 26.1. The van der Waals surface area contributed by atoms with Crippen molar-refractivity contribution in [2.24, 2.45) is 0 Å². The van der Waals surface area contributed by atoms with Gasteiger partial charge in [0.25, 0.3) is 0 Å². The Morgan fingerprint density at radius 3 is 2.36 bits per heavy atom. The van der Waals surface area contributed by atoms with Gasteiger partial charge in [-0.2, -0.15) is 0 Å². The predicted molar refractivity (Wildman–Crippen MR) is 170 cm³/mol. The third kappa shape index (κ3) is 11.3. The molecule has 1 unspecified atom stereocenters. The summed E-state index contributed by atoms with van der Waals surface area (Å²) >= 11 is 0. The molecule has 0 amide bonds. The van der Waals surface area contributed by atoms with Crippen LogP contribution in [-0.4, -0.2) is 43.1 Å². The predicted octanol–water partition coefficient (Wildman–Crippen LogP) is 8.80. The molecule has 0 spiro atoms. The van der Waals surface area contributed by atoms with Crippen LogP contribution in [0.1, 0.15) is 115 Å². The Labute approximate surface area is 252 Å². The Kier molecular flexibility index (Phi) is 15.3. The molecule has 2 heterocycles. The number of carbonyl (C=O) groups is 2. The molecule has 3 rings (SSSR count). The van der Waals surface area contributed by atoms with Crippen LogP contribution in [0, 0.1) is 0 Å². The quantitative estimate of drug-likeness (QED) is 0.0821. The van der Waals surface area contributed by atoms with Crippen molar-refractivity contribution in [1.82, 2.24) is 9.88 Å². The molecule has 232 valence electrons. The van der Waals surface area contributed by atoms with Gasteiger partial charge in [-0.05, 0) is 94.1 Å². The lowest BCUT2D eigenvalue weighted by atomic mass is 9.90. The topological polar surface area (TPSA) is 78.8 Å². The normalized spacial score (nSPS) is 15.0. The highest BCUT2D eigenvalue weighted by atomic mass is 16.7. The van der Waals surface area contributed by atoms with E-state index in [1.807, 2.05) is 24.4 Å². The van der Waals surface area contributed by atoms with Crippen LogP contribution in [0.4, 0.5) is 4.79 Å². The average molecular weight is 581 g/mol. The maximum Gasteiger partial charge on any atom is 0.421 e. The van der Waals surface area contributed by atoms with E-state index < -0.39 is 12.4 Å². The van der Waals surface area contributed by atoms with Gasteiger partial charge in [0.15, 0.2) is 0 Å². The van der Waals surface area contributed by atoms with E-state index in [9.17, 15) is 9.59 Å². The zero-order valence-corrected chi connectivity index (χ0v) is 26.1. The Bertz CT molecular complexity index is 1150. The van der Waals surface area contributed by atoms with Gasteiger partial charge in [-0.25, -0.2) is 4.79 Å². The first-order valence-electron chi connectivity index (χ1n) is 16.1. The molecule has 1 N–H and O–H groups in total. The molecular weight excluding hydrogens is 528 g/mol. The molecule has 2 aromatic rings. The Hall–Kier alpha value is -3.06. The van der Waals surface area contributed by atoms with E-state index in [-0.39, 0.29) is 5.97 Å². The van der Waals surface area contributed by atoms with Crippen LogP contribution in [0.5, 0.6) is 5.75 Å². The Morgan fingerprint density at radius 1 is 0.952 bits per heavy atom. The molecule has 0 aliphatic carbocycles. The van der Waals surface area contributed by atoms with E-state index in [1.54, 1.807) is 14.0 Å². The van der Waals surface area contributed by atoms with Gasteiger partial charge in [0.1, 0.15) is 5.75 Å². The highest BCUT2D eigenvalue weighted by Crippen LogP contribution is 2.35. The lowest BCUT2D eigenvalue weighted by Crippen LogP contribution is -2.26. The number of piperidine rings is 1. The van der Waals surface area contributed by atoms with Gasteiger partial charge in [0, 0.05) is 24.9 Å². The van der Waals surface area contributed by atoms with Crippen LogP contribution >= 0.6 is 0 Å². The lowest BCUT2D eigenvalue weighted by molar-refractivity contribution is -0.164. The molecule has 1 aliphatic heterocycles. The number of hydrogen-bond donors (Lipinski definition) is 1. The number of nitrogens with zero attached hydrogens (tertiary/aromatic N) is 1. The first kappa shape index (κ1) is 33.4. The third-order valence-electron chi connectivity index (χ3n) is 7.91. The van der Waals surface area contributed by atoms with Gasteiger partial charge >= 0.3 is 12.1 Å². The lowest BCUT2D eigenvalue weighted by Gasteiger charge is -2.22. The van der Waals surface area contributed by atoms with Gasteiger partial charge in [-0.3, -0.25) is 9.36 Å². The number of hydrogen-bond acceptors (Lipinski definition) is 6. The number of carbonyl (C=O) groups excluding carboxylic acids is 2. The standard InChI is InChI=1S/C35H52N2O5/c1-4-5-6-7-8-9-10-11-12-13-14-15-16-17-18-19-34(38)41-28(2)42-35(39)37-27-32(29-22-24-36-25-23-29)31-26-30(40-3)20-21-33(31)37/h8-9,11-12,20-21,26-29,36H,4-7,10,13-19,22-25H2,1-3H3/b9-8-,12-11-. The summed E-state index contributed by atoms with van der Waals surface area (Å²) in [4.78, 5) is 25.5. The van der Waals surface area contributed by atoms with Gasteiger partial charge in [0.2, 0.25) is 6.29 Å². The number of allylic oxidation sites excluding steroid dienone is 4. The number of unbranched alkanes of at least 4 members (excludes halogenated alkanes) is 8. The van der Waals surface area contributed by atoms with Crippen LogP contribution in [0.25, 0.3) is 10.9 Å². The van der Waals surface area contributed by atoms with E-state index in [1.165, 1.54) is 36.7 Å². The van der Waals surface area contributed by atoms with Crippen molar-refractivity contribution in [2.45, 2.75) is 116 Å². The Balaban J connectivity index is 1.34. The van der Waals surface area contributed by atoms with Crippen LogP contribution < -0.4 is 10.1 Å². The van der Waals surface area contributed by atoms with Gasteiger partial charge in [-0.1, -0.05) is 63.3 Å². The largest absolute Gasteiger partial charge is 0.497 e. The second kappa shape index (κ2) is 19.2. The number of esters is 1. The molecule has 1 aromatic carbocycles. The van der Waals surface area contributed by atoms with Crippen molar-refractivity contribution in [1.29, 1.82) is 0 Å². The molecule has 7 heteroatoms. The highest BCUT2D eigenvalue weighted by Gasteiger charge is 2.24. The van der Waals surface area contributed by atoms with Crippen LogP contribution in [0.15, 0.2) is 48.7 Å². The second-order valence-corrected chi connectivity index (χ2v) is 11.3. The number of rotatable bonds is 18. The number of methoxy groups -OCH3 is 1. The van der Waals surface area contributed by atoms with Gasteiger partial charge < -0.3 is 19.5 Å². The zero-order chi connectivity index (χ0) is 30.0. The fraction of sp³-hybridized carbons (Fsp3) is 0.600. The van der Waals surface area contributed by atoms with Crippen LogP contribution in [-0.2, 0) is 14.3 Å². The van der Waals surface area contributed by atoms with E-state index in [0.29, 0.717) is 12.3 Å². The highest BCUT2D eigenvalue weighted by molar-refractivity contribution is 5.93. The number of nitrogens with one attached hydrogen (secondary N) is 1. The monoisotopic (exact) mass is 580 g/mol. The van der Waals surface area contributed by atoms with Crippen molar-refractivity contribution >= 4 is 23.0 Å². The molecular formula is C35H52N2O5.